The number of alkyl carbamates (subject to hydrolysis) is 1. The van der Waals surface area contributed by atoms with E-state index in [1.165, 1.54) is 5.06 Å². The standard InChI is InChI=1S/C26H35N5O5/c1-26(2,3)36-24(32)27-19-13-18(14-19)9-12-22-28-29-23(35-22)21-11-10-20-15-30(21)25(33)31(20)34-16-17-7-5-4-6-8-17/h4-8,18-21H,9-16H2,1-3H3,(H,27,32)/t18?,19?,20-,21+/m1/s1. The first-order valence-corrected chi connectivity index (χ1v) is 12.8. The predicted molar refractivity (Wildman–Crippen MR) is 129 cm³/mol. The van der Waals surface area contributed by atoms with Crippen molar-refractivity contribution in [3.05, 3.63) is 47.7 Å². The van der Waals surface area contributed by atoms with Crippen LogP contribution in [-0.4, -0.2) is 56.5 Å². The van der Waals surface area contributed by atoms with Crippen molar-refractivity contribution in [1.29, 1.82) is 0 Å². The van der Waals surface area contributed by atoms with Crippen LogP contribution in [0.5, 0.6) is 0 Å². The zero-order valence-electron chi connectivity index (χ0n) is 21.2. The molecule has 2 aromatic rings. The second-order valence-corrected chi connectivity index (χ2v) is 11.0. The minimum atomic E-state index is -0.491. The van der Waals surface area contributed by atoms with Gasteiger partial charge in [-0.15, -0.1) is 10.2 Å². The normalized spacial score (nSPS) is 25.6. The smallest absolute Gasteiger partial charge is 0.407 e. The van der Waals surface area contributed by atoms with Gasteiger partial charge in [0.2, 0.25) is 11.8 Å². The lowest BCUT2D eigenvalue weighted by molar-refractivity contribution is -0.140. The van der Waals surface area contributed by atoms with Gasteiger partial charge in [0.05, 0.1) is 6.04 Å². The highest BCUT2D eigenvalue weighted by molar-refractivity contribution is 5.77. The minimum absolute atomic E-state index is 0.0423. The van der Waals surface area contributed by atoms with Crippen molar-refractivity contribution < 1.29 is 23.6 Å². The van der Waals surface area contributed by atoms with Gasteiger partial charge in [-0.25, -0.2) is 9.59 Å². The molecule has 0 unspecified atom stereocenters. The first-order valence-electron chi connectivity index (χ1n) is 12.8. The number of aromatic nitrogens is 2. The van der Waals surface area contributed by atoms with Gasteiger partial charge in [-0.2, -0.15) is 5.06 Å². The largest absolute Gasteiger partial charge is 0.444 e. The topological polar surface area (TPSA) is 110 Å². The highest BCUT2D eigenvalue weighted by Gasteiger charge is 2.47. The molecule has 3 amide bonds. The number of amides is 3. The minimum Gasteiger partial charge on any atom is -0.444 e. The third-order valence-corrected chi connectivity index (χ3v) is 7.03. The highest BCUT2D eigenvalue weighted by Crippen LogP contribution is 2.38. The van der Waals surface area contributed by atoms with Gasteiger partial charge in [-0.1, -0.05) is 30.3 Å². The second kappa shape index (κ2) is 10.1. The van der Waals surface area contributed by atoms with Crippen LogP contribution in [0.3, 0.4) is 0 Å². The molecule has 194 valence electrons. The van der Waals surface area contributed by atoms with Crippen LogP contribution in [0.25, 0.3) is 0 Å². The maximum atomic E-state index is 13.0. The molecule has 3 aliphatic rings. The summed E-state index contributed by atoms with van der Waals surface area (Å²) < 4.78 is 11.3. The van der Waals surface area contributed by atoms with Crippen LogP contribution in [0, 0.1) is 5.92 Å². The van der Waals surface area contributed by atoms with Crippen LogP contribution in [0.4, 0.5) is 9.59 Å². The molecule has 3 heterocycles. The second-order valence-electron chi connectivity index (χ2n) is 11.0. The van der Waals surface area contributed by atoms with E-state index in [0.29, 0.717) is 37.3 Å². The maximum Gasteiger partial charge on any atom is 0.407 e. The van der Waals surface area contributed by atoms with E-state index in [4.69, 9.17) is 14.0 Å². The third kappa shape index (κ3) is 5.64. The van der Waals surface area contributed by atoms with E-state index in [9.17, 15) is 9.59 Å². The quantitative estimate of drug-likeness (QED) is 0.576. The summed E-state index contributed by atoms with van der Waals surface area (Å²) in [5.41, 5.74) is 0.535. The number of urea groups is 1. The fraction of sp³-hybridized carbons (Fsp3) is 0.615. The maximum absolute atomic E-state index is 13.0. The Balaban J connectivity index is 1.08. The van der Waals surface area contributed by atoms with Gasteiger partial charge in [0.1, 0.15) is 18.2 Å². The summed E-state index contributed by atoms with van der Waals surface area (Å²) in [5, 5.41) is 13.0. The van der Waals surface area contributed by atoms with Crippen LogP contribution >= 0.6 is 0 Å². The molecule has 36 heavy (non-hydrogen) atoms. The lowest BCUT2D eigenvalue weighted by Crippen LogP contribution is -2.46. The Bertz CT molecular complexity index is 1060. The van der Waals surface area contributed by atoms with Gasteiger partial charge in [-0.05, 0) is 64.4 Å². The van der Waals surface area contributed by atoms with Gasteiger partial charge < -0.3 is 19.4 Å². The van der Waals surface area contributed by atoms with Crippen molar-refractivity contribution in [2.75, 3.05) is 6.54 Å². The van der Waals surface area contributed by atoms with Gasteiger partial charge >= 0.3 is 12.1 Å². The molecule has 3 fully saturated rings. The van der Waals surface area contributed by atoms with E-state index >= 15 is 0 Å². The van der Waals surface area contributed by atoms with Crippen molar-refractivity contribution >= 4 is 12.1 Å². The van der Waals surface area contributed by atoms with Crippen molar-refractivity contribution in [3.63, 3.8) is 0 Å². The summed E-state index contributed by atoms with van der Waals surface area (Å²) in [6, 6.07) is 9.68. The molecule has 1 aliphatic carbocycles. The molecule has 2 bridgehead atoms. The zero-order valence-corrected chi connectivity index (χ0v) is 21.2. The number of hydrogen-bond donors (Lipinski definition) is 1. The van der Waals surface area contributed by atoms with Gasteiger partial charge in [0.25, 0.3) is 0 Å². The SMILES string of the molecule is CC(C)(C)OC(=O)NC1CC(CCc2nnc([C@@H]3CC[C@@H]4CN3C(=O)N4OCc3ccccc3)o2)C1. The number of carbonyl (C=O) groups is 2. The Labute approximate surface area is 211 Å². The monoisotopic (exact) mass is 497 g/mol. The van der Waals surface area contributed by atoms with Crippen molar-refractivity contribution in [2.45, 2.75) is 89.6 Å². The Morgan fingerprint density at radius 1 is 1.17 bits per heavy atom. The predicted octanol–water partition coefficient (Wildman–Crippen LogP) is 4.38. The summed E-state index contributed by atoms with van der Waals surface area (Å²) >= 11 is 0. The number of benzene rings is 1. The molecular weight excluding hydrogens is 462 g/mol. The van der Waals surface area contributed by atoms with E-state index in [0.717, 1.165) is 37.7 Å². The number of hydroxylamine groups is 2. The van der Waals surface area contributed by atoms with Gasteiger partial charge in [0.15, 0.2) is 0 Å². The molecule has 1 saturated carbocycles. The lowest BCUT2D eigenvalue weighted by Gasteiger charge is -2.36. The number of nitrogens with zero attached hydrogens (tertiary/aromatic N) is 4. The molecule has 2 saturated heterocycles. The van der Waals surface area contributed by atoms with E-state index in [1.807, 2.05) is 51.1 Å². The molecule has 10 nitrogen and oxygen atoms in total. The Kier molecular flexibility index (Phi) is 6.87. The number of fused-ring (bicyclic) bond motifs is 2. The van der Waals surface area contributed by atoms with Crippen molar-refractivity contribution in [1.82, 2.24) is 25.5 Å². The number of carbonyl (C=O) groups excluding carboxylic acids is 2. The molecule has 1 aromatic carbocycles. The molecule has 1 aromatic heterocycles. The number of nitrogens with one attached hydrogen (secondary N) is 1. The Morgan fingerprint density at radius 3 is 2.69 bits per heavy atom. The van der Waals surface area contributed by atoms with E-state index in [-0.39, 0.29) is 30.2 Å². The number of rotatable bonds is 8. The van der Waals surface area contributed by atoms with Crippen LogP contribution in [0.15, 0.2) is 34.7 Å². The van der Waals surface area contributed by atoms with Crippen molar-refractivity contribution in [3.8, 4) is 0 Å². The van der Waals surface area contributed by atoms with Gasteiger partial charge in [0, 0.05) is 19.0 Å². The number of aryl methyl sites for hydroxylation is 1. The summed E-state index contributed by atoms with van der Waals surface area (Å²) in [6.45, 7) is 6.54. The fourth-order valence-corrected chi connectivity index (χ4v) is 5.17. The average Bonchev–Trinajstić information content (AvgIpc) is 3.37. The van der Waals surface area contributed by atoms with Crippen LogP contribution in [0.1, 0.15) is 76.3 Å². The molecule has 5 rings (SSSR count). The highest BCUT2D eigenvalue weighted by atomic mass is 16.7. The average molecular weight is 498 g/mol. The molecular formula is C26H35N5O5. The van der Waals surface area contributed by atoms with Gasteiger partial charge in [-0.3, -0.25) is 4.84 Å². The zero-order chi connectivity index (χ0) is 25.3. The number of piperidine rings is 1. The number of hydrogen-bond acceptors (Lipinski definition) is 7. The van der Waals surface area contributed by atoms with E-state index in [2.05, 4.69) is 15.5 Å². The molecule has 2 atom stereocenters. The molecule has 2 aliphatic heterocycles. The summed E-state index contributed by atoms with van der Waals surface area (Å²) in [7, 11) is 0. The van der Waals surface area contributed by atoms with E-state index in [1.54, 1.807) is 4.90 Å². The van der Waals surface area contributed by atoms with Crippen LogP contribution in [-0.2, 0) is 22.6 Å². The molecule has 10 heteroatoms. The molecule has 0 radical (unpaired) electrons. The Morgan fingerprint density at radius 2 is 1.94 bits per heavy atom. The molecule has 0 spiro atoms. The summed E-state index contributed by atoms with van der Waals surface area (Å²) in [6.07, 6.45) is 4.69. The first-order chi connectivity index (χ1) is 17.2. The molecule has 1 N–H and O–H groups in total. The van der Waals surface area contributed by atoms with Crippen LogP contribution < -0.4 is 5.32 Å². The van der Waals surface area contributed by atoms with Crippen LogP contribution in [0.2, 0.25) is 0 Å². The third-order valence-electron chi connectivity index (χ3n) is 7.03. The summed E-state index contributed by atoms with van der Waals surface area (Å²) in [5.74, 6) is 1.60. The summed E-state index contributed by atoms with van der Waals surface area (Å²) in [4.78, 5) is 32.6. The van der Waals surface area contributed by atoms with Crippen molar-refractivity contribution in [2.24, 2.45) is 5.92 Å². The van der Waals surface area contributed by atoms with E-state index < -0.39 is 5.60 Å². The lowest BCUT2D eigenvalue weighted by atomic mass is 9.77. The first kappa shape index (κ1) is 24.5. The fourth-order valence-electron chi connectivity index (χ4n) is 5.17. The Hall–Kier alpha value is -3.14. The number of ether oxygens (including phenoxy) is 1.